The van der Waals surface area contributed by atoms with Crippen LogP contribution in [0, 0.1) is 35.5 Å². The molecule has 8 aliphatic rings. The zero-order valence-electron chi connectivity index (χ0n) is 48.5. The first kappa shape index (κ1) is 59.5. The van der Waals surface area contributed by atoms with Crippen LogP contribution in [0.4, 0.5) is 0 Å². The molecule has 0 aromatic heterocycles. The summed E-state index contributed by atoms with van der Waals surface area (Å²) in [6.45, 7) is 3.66. The Hall–Kier alpha value is -5.10. The average Bonchev–Trinajstić information content (AvgIpc) is 4.13. The van der Waals surface area contributed by atoms with Gasteiger partial charge in [0.25, 0.3) is 11.8 Å². The van der Waals surface area contributed by atoms with E-state index in [0.717, 1.165) is 116 Å². The number of amides is 8. The predicted molar refractivity (Wildman–Crippen MR) is 306 cm³/mol. The van der Waals surface area contributed by atoms with Gasteiger partial charge in [-0.1, -0.05) is 109 Å². The molecule has 1 aromatic carbocycles. The molecule has 9 rings (SSSR count). The molecule has 1 aromatic rings. The molecular formula is C62H96N10O8. The van der Waals surface area contributed by atoms with Crippen LogP contribution in [0.1, 0.15) is 202 Å². The molecule has 8 fully saturated rings. The second-order valence-electron chi connectivity index (χ2n) is 25.7. The van der Waals surface area contributed by atoms with E-state index in [1.54, 1.807) is 55.9 Å². The minimum Gasteiger partial charge on any atom is -0.351 e. The molecule has 7 unspecified atom stereocenters. The van der Waals surface area contributed by atoms with E-state index in [9.17, 15) is 28.8 Å². The number of benzene rings is 1. The second-order valence-corrected chi connectivity index (χ2v) is 25.7. The topological polar surface area (TPSA) is 239 Å². The quantitative estimate of drug-likeness (QED) is 0.0934. The van der Waals surface area contributed by atoms with Gasteiger partial charge in [-0.15, -0.1) is 0 Å². The molecule has 8 N–H and O–H groups in total. The van der Waals surface area contributed by atoms with Gasteiger partial charge >= 0.3 is 0 Å². The third-order valence-electron chi connectivity index (χ3n) is 20.7. The molecule has 18 heteroatoms. The molecule has 442 valence electrons. The number of carbonyl (C=O) groups excluding carboxylic acids is 8. The normalized spacial score (nSPS) is 30.8. The van der Waals surface area contributed by atoms with E-state index in [-0.39, 0.29) is 96.4 Å². The first-order valence-corrected chi connectivity index (χ1v) is 31.6. The van der Waals surface area contributed by atoms with Crippen molar-refractivity contribution in [3.8, 4) is 0 Å². The zero-order chi connectivity index (χ0) is 56.5. The highest BCUT2D eigenvalue weighted by molar-refractivity contribution is 6.01. The standard InChI is InChI=1S/C62H96N10O8/c1-37(63-3)55(73)69-53(41-20-7-5-8-21-41)61(79)71-35-45(33-51(71)59(77)67-49-30-16-24-39-18-11-13-28-47(39)49)65-57(75)43-26-15-27-44(32-43)58(76)66-46-34-52(60(78)68-50-31-17-25-40-19-12-14-29-48(40)50)72(36-46)62(80)54(42-22-9-6-10-23-42)70-56(74)38(2)64-4/h15,26-27,32,37-42,45-54,63-64H,5-14,16-25,28-31,33-36H2,1-4H3,(H,65,75)(H,66,76)(H,67,77)(H,68,78)(H,69,73)(H,70,74)/t37-,38-,39?,40?,45-,46-,47?,48?,49?,50?,51-,52?,53+,54+/m0/s1. The Balaban J connectivity index is 0.909. The van der Waals surface area contributed by atoms with Crippen LogP contribution in [0.25, 0.3) is 0 Å². The van der Waals surface area contributed by atoms with Crippen LogP contribution in [-0.4, -0.2) is 145 Å². The molecule has 6 aliphatic carbocycles. The van der Waals surface area contributed by atoms with E-state index in [1.165, 1.54) is 44.6 Å². The van der Waals surface area contributed by atoms with Crippen molar-refractivity contribution < 1.29 is 38.4 Å². The lowest BCUT2D eigenvalue weighted by Gasteiger charge is -2.42. The van der Waals surface area contributed by atoms with E-state index >= 15 is 9.59 Å². The van der Waals surface area contributed by atoms with E-state index in [4.69, 9.17) is 0 Å². The highest BCUT2D eigenvalue weighted by Crippen LogP contribution is 2.42. The van der Waals surface area contributed by atoms with Gasteiger partial charge in [0.05, 0.1) is 12.1 Å². The lowest BCUT2D eigenvalue weighted by Crippen LogP contribution is -2.59. The highest BCUT2D eigenvalue weighted by atomic mass is 16.2. The fraction of sp³-hybridized carbons (Fsp3) is 0.774. The third-order valence-corrected chi connectivity index (χ3v) is 20.7. The third kappa shape index (κ3) is 14.2. The Bertz CT molecular complexity index is 2200. The number of likely N-dealkylation sites (N-methyl/N-ethyl adjacent to an activating group) is 2. The Morgan fingerprint density at radius 2 is 0.838 bits per heavy atom. The SMILES string of the molecule is CN[C@@H](C)C(=O)N[C@@H](C(=O)N1C[C@@H](NC(=O)c2cccc(C(=O)N[C@H]3C[C@@H](C(=O)NC4CCCC5CCCCC54)N(C(=O)[C@H](NC(=O)[C@H](C)NC)C4CCCCC4)C3)c2)CC1C(=O)NC1CCCC2CCCCC21)C1CCCCC1. The van der Waals surface area contributed by atoms with Crippen molar-refractivity contribution in [3.63, 3.8) is 0 Å². The maximum absolute atomic E-state index is 15.0. The maximum atomic E-state index is 15.0. The fourth-order valence-electron chi connectivity index (χ4n) is 15.9. The fourth-order valence-corrected chi connectivity index (χ4v) is 15.9. The van der Waals surface area contributed by atoms with Crippen LogP contribution in [-0.2, 0) is 28.8 Å². The van der Waals surface area contributed by atoms with Crippen LogP contribution >= 0.6 is 0 Å². The lowest BCUT2D eigenvalue weighted by molar-refractivity contribution is -0.143. The van der Waals surface area contributed by atoms with Gasteiger partial charge in [-0.3, -0.25) is 38.4 Å². The Kier molecular flexibility index (Phi) is 20.7. The molecule has 2 aliphatic heterocycles. The van der Waals surface area contributed by atoms with Crippen LogP contribution in [0.5, 0.6) is 0 Å². The number of fused-ring (bicyclic) bond motifs is 2. The smallest absolute Gasteiger partial charge is 0.251 e. The van der Waals surface area contributed by atoms with Gasteiger partial charge in [0.2, 0.25) is 35.4 Å². The van der Waals surface area contributed by atoms with Crippen molar-refractivity contribution in [1.82, 2.24) is 52.3 Å². The van der Waals surface area contributed by atoms with Gasteiger partial charge in [-0.05, 0) is 146 Å². The number of rotatable bonds is 18. The van der Waals surface area contributed by atoms with E-state index in [2.05, 4.69) is 42.5 Å². The van der Waals surface area contributed by atoms with Gasteiger partial charge in [-0.25, -0.2) is 0 Å². The molecule has 0 radical (unpaired) electrons. The van der Waals surface area contributed by atoms with Crippen molar-refractivity contribution >= 4 is 47.3 Å². The molecule has 0 spiro atoms. The second kappa shape index (κ2) is 27.8. The Labute approximate surface area is 475 Å². The summed E-state index contributed by atoms with van der Waals surface area (Å²) in [6, 6.07) is 0.844. The summed E-state index contributed by atoms with van der Waals surface area (Å²) in [6.07, 6.45) is 24.9. The summed E-state index contributed by atoms with van der Waals surface area (Å²) in [5, 5.41) is 25.2. The highest BCUT2D eigenvalue weighted by Gasteiger charge is 2.48. The molecule has 2 saturated heterocycles. The first-order valence-electron chi connectivity index (χ1n) is 31.6. The summed E-state index contributed by atoms with van der Waals surface area (Å²) in [4.78, 5) is 118. The van der Waals surface area contributed by atoms with E-state index < -0.39 is 60.1 Å². The van der Waals surface area contributed by atoms with Gasteiger partial charge in [-0.2, -0.15) is 0 Å². The average molecular weight is 1110 g/mol. The summed E-state index contributed by atoms with van der Waals surface area (Å²) >= 11 is 0. The molecule has 8 amide bonds. The summed E-state index contributed by atoms with van der Waals surface area (Å²) in [5.41, 5.74) is 0.441. The van der Waals surface area contributed by atoms with Crippen molar-refractivity contribution in [2.45, 2.75) is 241 Å². The summed E-state index contributed by atoms with van der Waals surface area (Å²) in [5.74, 6) is -0.741. The molecule has 18 nitrogen and oxygen atoms in total. The maximum Gasteiger partial charge on any atom is 0.251 e. The lowest BCUT2D eigenvalue weighted by atomic mass is 9.68. The van der Waals surface area contributed by atoms with Crippen LogP contribution < -0.4 is 42.5 Å². The molecule has 0 bridgehead atoms. The van der Waals surface area contributed by atoms with Crippen molar-refractivity contribution in [2.75, 3.05) is 27.2 Å². The minimum absolute atomic E-state index is 0.0199. The number of hydrogen-bond acceptors (Lipinski definition) is 10. The van der Waals surface area contributed by atoms with Crippen LogP contribution in [0.2, 0.25) is 0 Å². The number of nitrogens with one attached hydrogen (secondary N) is 8. The summed E-state index contributed by atoms with van der Waals surface area (Å²) < 4.78 is 0. The van der Waals surface area contributed by atoms with Crippen molar-refractivity contribution in [3.05, 3.63) is 35.4 Å². The van der Waals surface area contributed by atoms with Crippen molar-refractivity contribution in [1.29, 1.82) is 0 Å². The molecular weight excluding hydrogens is 1010 g/mol. The predicted octanol–water partition coefficient (Wildman–Crippen LogP) is 5.38. The van der Waals surface area contributed by atoms with Crippen molar-refractivity contribution in [2.24, 2.45) is 35.5 Å². The van der Waals surface area contributed by atoms with E-state index in [0.29, 0.717) is 23.7 Å². The Morgan fingerprint density at radius 3 is 1.24 bits per heavy atom. The molecule has 6 saturated carbocycles. The van der Waals surface area contributed by atoms with E-state index in [1.807, 2.05) is 0 Å². The monoisotopic (exact) mass is 1110 g/mol. The van der Waals surface area contributed by atoms with Gasteiger partial charge in [0.1, 0.15) is 24.2 Å². The van der Waals surface area contributed by atoms with Gasteiger partial charge < -0.3 is 52.3 Å². The first-order chi connectivity index (χ1) is 38.7. The number of hydrogen-bond donors (Lipinski definition) is 8. The summed E-state index contributed by atoms with van der Waals surface area (Å²) in [7, 11) is 3.41. The number of likely N-dealkylation sites (tertiary alicyclic amines) is 2. The van der Waals surface area contributed by atoms with Crippen LogP contribution in [0.3, 0.4) is 0 Å². The van der Waals surface area contributed by atoms with Gasteiger partial charge in [0.15, 0.2) is 0 Å². The van der Waals surface area contributed by atoms with Crippen LogP contribution in [0.15, 0.2) is 24.3 Å². The Morgan fingerprint density at radius 1 is 0.463 bits per heavy atom. The number of nitrogens with zero attached hydrogens (tertiary/aromatic N) is 2. The number of carbonyl (C=O) groups is 8. The zero-order valence-corrected chi connectivity index (χ0v) is 48.5. The molecule has 80 heavy (non-hydrogen) atoms. The molecule has 14 atom stereocenters. The van der Waals surface area contributed by atoms with Gasteiger partial charge in [0, 0.05) is 48.4 Å². The largest absolute Gasteiger partial charge is 0.351 e. The minimum atomic E-state index is -0.861. The molecule has 2 heterocycles.